The molecule has 1 N–H and O–H groups in total. The zero-order valence-corrected chi connectivity index (χ0v) is 10.6. The molecule has 0 amide bonds. The van der Waals surface area contributed by atoms with Crippen molar-refractivity contribution in [2.45, 2.75) is 13.8 Å². The van der Waals surface area contributed by atoms with Gasteiger partial charge in [0.05, 0.1) is 12.3 Å². The van der Waals surface area contributed by atoms with Crippen LogP contribution in [0.4, 0.5) is 5.69 Å². The monoisotopic (exact) mass is 259 g/mol. The number of azo groups is 1. The van der Waals surface area contributed by atoms with Crippen LogP contribution in [-0.2, 0) is 9.53 Å². The van der Waals surface area contributed by atoms with Gasteiger partial charge in [0.1, 0.15) is 6.07 Å². The first kappa shape index (κ1) is 14.4. The molecule has 0 atom stereocenters. The summed E-state index contributed by atoms with van der Waals surface area (Å²) in [6.07, 6.45) is 0. The molecule has 0 saturated carbocycles. The second-order valence-corrected chi connectivity index (χ2v) is 3.57. The normalized spacial score (nSPS) is 11.8. The van der Waals surface area contributed by atoms with Crippen molar-refractivity contribution in [3.8, 4) is 6.07 Å². The highest BCUT2D eigenvalue weighted by molar-refractivity contribution is 5.89. The number of rotatable bonds is 4. The number of aryl methyl sites for hydroxylation is 1. The highest BCUT2D eigenvalue weighted by Crippen LogP contribution is 2.16. The Bertz CT molecular complexity index is 553. The molecule has 0 aliphatic rings. The van der Waals surface area contributed by atoms with Crippen LogP contribution in [0.15, 0.2) is 46.0 Å². The smallest absolute Gasteiger partial charge is 0.363 e. The molecule has 1 aromatic carbocycles. The van der Waals surface area contributed by atoms with Crippen molar-refractivity contribution in [2.75, 3.05) is 6.61 Å². The fourth-order valence-corrected chi connectivity index (χ4v) is 1.16. The summed E-state index contributed by atoms with van der Waals surface area (Å²) in [5, 5.41) is 25.2. The lowest BCUT2D eigenvalue weighted by molar-refractivity contribution is -0.138. The number of carbonyl (C=O) groups is 1. The van der Waals surface area contributed by atoms with Gasteiger partial charge in [-0.15, -0.1) is 5.11 Å². The van der Waals surface area contributed by atoms with E-state index >= 15 is 0 Å². The summed E-state index contributed by atoms with van der Waals surface area (Å²) in [6.45, 7) is 3.64. The fraction of sp³-hybridized carbons (Fsp3) is 0.231. The summed E-state index contributed by atoms with van der Waals surface area (Å²) in [7, 11) is 0. The molecule has 0 aliphatic heterocycles. The molecule has 1 rings (SSSR count). The molecule has 0 saturated heterocycles. The van der Waals surface area contributed by atoms with E-state index in [0.29, 0.717) is 5.69 Å². The molecule has 0 fully saturated rings. The second kappa shape index (κ2) is 6.91. The summed E-state index contributed by atoms with van der Waals surface area (Å²) in [5.74, 6) is -1.72. The molecule has 0 spiro atoms. The van der Waals surface area contributed by atoms with Crippen LogP contribution in [0.3, 0.4) is 0 Å². The maximum absolute atomic E-state index is 11.5. The van der Waals surface area contributed by atoms with Crippen molar-refractivity contribution in [2.24, 2.45) is 10.2 Å². The maximum atomic E-state index is 11.5. The van der Waals surface area contributed by atoms with Gasteiger partial charge in [-0.1, -0.05) is 17.7 Å². The Kier molecular flexibility index (Phi) is 5.23. The molecular formula is C13H13N3O3. The molecule has 98 valence electrons. The molecule has 6 nitrogen and oxygen atoms in total. The van der Waals surface area contributed by atoms with Gasteiger partial charge in [-0.05, 0) is 26.0 Å². The van der Waals surface area contributed by atoms with Crippen LogP contribution in [-0.4, -0.2) is 17.7 Å². The number of esters is 1. The third kappa shape index (κ3) is 4.24. The van der Waals surface area contributed by atoms with E-state index in [2.05, 4.69) is 15.0 Å². The number of hydrogen-bond donors (Lipinski definition) is 1. The number of ether oxygens (including phenoxy) is 1. The van der Waals surface area contributed by atoms with Crippen LogP contribution in [0.1, 0.15) is 12.5 Å². The van der Waals surface area contributed by atoms with Gasteiger partial charge in [0.2, 0.25) is 11.5 Å². The molecule has 0 bridgehead atoms. The largest absolute Gasteiger partial charge is 0.498 e. The minimum absolute atomic E-state index is 0.112. The van der Waals surface area contributed by atoms with E-state index in [9.17, 15) is 9.90 Å². The summed E-state index contributed by atoms with van der Waals surface area (Å²) < 4.78 is 4.67. The van der Waals surface area contributed by atoms with Crippen molar-refractivity contribution in [3.63, 3.8) is 0 Å². The third-order valence-electron chi connectivity index (χ3n) is 2.10. The molecule has 0 heterocycles. The molecular weight excluding hydrogens is 246 g/mol. The topological polar surface area (TPSA) is 95.0 Å². The minimum atomic E-state index is -0.891. The van der Waals surface area contributed by atoms with Crippen molar-refractivity contribution >= 4 is 11.7 Å². The lowest BCUT2D eigenvalue weighted by Gasteiger charge is -2.00. The summed E-state index contributed by atoms with van der Waals surface area (Å²) in [6, 6.07) is 8.48. The first-order chi connectivity index (χ1) is 9.08. The number of benzene rings is 1. The summed E-state index contributed by atoms with van der Waals surface area (Å²) in [4.78, 5) is 11.5. The third-order valence-corrected chi connectivity index (χ3v) is 2.10. The van der Waals surface area contributed by atoms with Gasteiger partial charge >= 0.3 is 5.97 Å². The van der Waals surface area contributed by atoms with Crippen molar-refractivity contribution in [1.82, 2.24) is 0 Å². The van der Waals surface area contributed by atoms with E-state index in [-0.39, 0.29) is 6.61 Å². The Hall–Kier alpha value is -2.68. The van der Waals surface area contributed by atoms with E-state index in [1.165, 1.54) is 6.07 Å². The Morgan fingerprint density at radius 1 is 1.42 bits per heavy atom. The van der Waals surface area contributed by atoms with Gasteiger partial charge in [0.15, 0.2) is 0 Å². The van der Waals surface area contributed by atoms with E-state index < -0.39 is 17.4 Å². The predicted molar refractivity (Wildman–Crippen MR) is 67.6 cm³/mol. The second-order valence-electron chi connectivity index (χ2n) is 3.57. The fourth-order valence-electron chi connectivity index (χ4n) is 1.16. The van der Waals surface area contributed by atoms with Gasteiger partial charge in [-0.25, -0.2) is 4.79 Å². The number of allylic oxidation sites excluding steroid dienone is 1. The number of hydrogen-bond acceptors (Lipinski definition) is 6. The number of carbonyl (C=O) groups excluding carboxylic acids is 1. The Morgan fingerprint density at radius 2 is 2.05 bits per heavy atom. The van der Waals surface area contributed by atoms with Gasteiger partial charge in [-0.2, -0.15) is 10.4 Å². The van der Waals surface area contributed by atoms with Crippen LogP contribution >= 0.6 is 0 Å². The molecule has 0 aromatic heterocycles. The van der Waals surface area contributed by atoms with Crippen molar-refractivity contribution in [3.05, 3.63) is 41.3 Å². The van der Waals surface area contributed by atoms with Gasteiger partial charge in [-0.3, -0.25) is 0 Å². The molecule has 19 heavy (non-hydrogen) atoms. The van der Waals surface area contributed by atoms with Gasteiger partial charge in [0.25, 0.3) is 0 Å². The maximum Gasteiger partial charge on any atom is 0.363 e. The SMILES string of the molecule is CCOC(=O)/C(N=Nc1ccc(C)cc1)=C(/O)C#N. The zero-order valence-electron chi connectivity index (χ0n) is 10.6. The highest BCUT2D eigenvalue weighted by atomic mass is 16.5. The number of nitriles is 1. The van der Waals surface area contributed by atoms with Crippen LogP contribution in [0.25, 0.3) is 0 Å². The van der Waals surface area contributed by atoms with Crippen LogP contribution in [0, 0.1) is 18.3 Å². The Morgan fingerprint density at radius 3 is 2.58 bits per heavy atom. The Balaban J connectivity index is 3.00. The van der Waals surface area contributed by atoms with Crippen molar-refractivity contribution in [1.29, 1.82) is 5.26 Å². The number of aliphatic hydroxyl groups excluding tert-OH is 1. The van der Waals surface area contributed by atoms with Crippen LogP contribution < -0.4 is 0 Å². The van der Waals surface area contributed by atoms with E-state index in [1.807, 2.05) is 19.1 Å². The minimum Gasteiger partial charge on any atom is -0.498 e. The number of aliphatic hydroxyl groups is 1. The first-order valence-electron chi connectivity index (χ1n) is 5.57. The average molecular weight is 259 g/mol. The summed E-state index contributed by atoms with van der Waals surface area (Å²) >= 11 is 0. The predicted octanol–water partition coefficient (Wildman–Crippen LogP) is 2.94. The van der Waals surface area contributed by atoms with E-state index in [0.717, 1.165) is 5.56 Å². The quantitative estimate of drug-likeness (QED) is 0.224. The van der Waals surface area contributed by atoms with Gasteiger partial charge in [0, 0.05) is 0 Å². The summed E-state index contributed by atoms with van der Waals surface area (Å²) in [5.41, 5.74) is 1.04. The van der Waals surface area contributed by atoms with Crippen LogP contribution in [0.2, 0.25) is 0 Å². The lowest BCUT2D eigenvalue weighted by Crippen LogP contribution is -2.08. The lowest BCUT2D eigenvalue weighted by atomic mass is 10.2. The van der Waals surface area contributed by atoms with E-state index in [4.69, 9.17) is 5.26 Å². The molecule has 0 unspecified atom stereocenters. The molecule has 0 radical (unpaired) electrons. The highest BCUT2D eigenvalue weighted by Gasteiger charge is 2.16. The molecule has 0 aliphatic carbocycles. The average Bonchev–Trinajstić information content (AvgIpc) is 2.41. The molecule has 6 heteroatoms. The number of nitrogens with zero attached hydrogens (tertiary/aromatic N) is 3. The Labute approximate surface area is 110 Å². The zero-order chi connectivity index (χ0) is 14.3. The van der Waals surface area contributed by atoms with E-state index in [1.54, 1.807) is 19.1 Å². The van der Waals surface area contributed by atoms with Crippen molar-refractivity contribution < 1.29 is 14.6 Å². The van der Waals surface area contributed by atoms with Crippen LogP contribution in [0.5, 0.6) is 0 Å². The standard InChI is InChI=1S/C13H13N3O3/c1-3-19-13(18)12(11(17)8-14)16-15-10-6-4-9(2)5-7-10/h4-7,17H,3H2,1-2H3/b12-11-,16-15?. The first-order valence-corrected chi connectivity index (χ1v) is 5.57. The van der Waals surface area contributed by atoms with Gasteiger partial charge < -0.3 is 9.84 Å². The molecule has 1 aromatic rings.